The third-order valence-electron chi connectivity index (χ3n) is 4.01. The number of halogens is 1. The number of hydrogen-bond acceptors (Lipinski definition) is 2. The van der Waals surface area contributed by atoms with Crippen LogP contribution in [0, 0.1) is 24.6 Å². The van der Waals surface area contributed by atoms with Crippen LogP contribution in [-0.2, 0) is 11.3 Å². The summed E-state index contributed by atoms with van der Waals surface area (Å²) in [5.41, 5.74) is 7.77. The van der Waals surface area contributed by atoms with Crippen LogP contribution in [0.2, 0.25) is 0 Å². The predicted molar refractivity (Wildman–Crippen MR) is 70.7 cm³/mol. The molecule has 3 heteroatoms. The molecule has 18 heavy (non-hydrogen) atoms. The third kappa shape index (κ3) is 3.30. The zero-order chi connectivity index (χ0) is 13.0. The SMILES string of the molecule is Cc1cc(F)ccc1COCC1CCCC1CN. The lowest BCUT2D eigenvalue weighted by Crippen LogP contribution is -2.22. The summed E-state index contributed by atoms with van der Waals surface area (Å²) in [4.78, 5) is 0. The van der Waals surface area contributed by atoms with E-state index >= 15 is 0 Å². The van der Waals surface area contributed by atoms with Gasteiger partial charge < -0.3 is 10.5 Å². The molecule has 100 valence electrons. The Morgan fingerprint density at radius 1 is 1.33 bits per heavy atom. The van der Waals surface area contributed by atoms with E-state index in [1.54, 1.807) is 12.1 Å². The van der Waals surface area contributed by atoms with Crippen LogP contribution in [0.1, 0.15) is 30.4 Å². The fraction of sp³-hybridized carbons (Fsp3) is 0.600. The molecule has 2 rings (SSSR count). The Morgan fingerprint density at radius 2 is 2.11 bits per heavy atom. The van der Waals surface area contributed by atoms with Crippen molar-refractivity contribution in [3.05, 3.63) is 35.1 Å². The van der Waals surface area contributed by atoms with Crippen molar-refractivity contribution in [1.29, 1.82) is 0 Å². The monoisotopic (exact) mass is 251 g/mol. The molecule has 0 heterocycles. The molecule has 2 N–H and O–H groups in total. The second kappa shape index (κ2) is 6.30. The molecule has 0 saturated heterocycles. The fourth-order valence-corrected chi connectivity index (χ4v) is 2.78. The van der Waals surface area contributed by atoms with E-state index in [9.17, 15) is 4.39 Å². The van der Waals surface area contributed by atoms with Crippen molar-refractivity contribution < 1.29 is 9.13 Å². The van der Waals surface area contributed by atoms with Crippen LogP contribution in [0.5, 0.6) is 0 Å². The maximum Gasteiger partial charge on any atom is 0.123 e. The molecule has 1 fully saturated rings. The Hall–Kier alpha value is -0.930. The average Bonchev–Trinajstić information content (AvgIpc) is 2.79. The van der Waals surface area contributed by atoms with Crippen molar-refractivity contribution in [2.75, 3.05) is 13.2 Å². The van der Waals surface area contributed by atoms with Crippen LogP contribution in [-0.4, -0.2) is 13.2 Å². The molecule has 0 spiro atoms. The number of rotatable bonds is 5. The molecule has 1 aliphatic carbocycles. The lowest BCUT2D eigenvalue weighted by atomic mass is 9.97. The first kappa shape index (κ1) is 13.5. The van der Waals surface area contributed by atoms with Gasteiger partial charge in [0, 0.05) is 0 Å². The van der Waals surface area contributed by atoms with Crippen LogP contribution in [0.25, 0.3) is 0 Å². The minimum atomic E-state index is -0.185. The van der Waals surface area contributed by atoms with E-state index in [4.69, 9.17) is 10.5 Å². The summed E-state index contributed by atoms with van der Waals surface area (Å²) in [7, 11) is 0. The van der Waals surface area contributed by atoms with E-state index in [2.05, 4.69) is 0 Å². The number of hydrogen-bond donors (Lipinski definition) is 1. The van der Waals surface area contributed by atoms with E-state index in [1.165, 1.54) is 25.3 Å². The highest BCUT2D eigenvalue weighted by Crippen LogP contribution is 2.31. The van der Waals surface area contributed by atoms with Crippen molar-refractivity contribution >= 4 is 0 Å². The first-order chi connectivity index (χ1) is 8.70. The second-order valence-electron chi connectivity index (χ2n) is 5.27. The highest BCUT2D eigenvalue weighted by atomic mass is 19.1. The predicted octanol–water partition coefficient (Wildman–Crippen LogP) is 3.03. The summed E-state index contributed by atoms with van der Waals surface area (Å²) >= 11 is 0. The molecule has 0 aromatic heterocycles. The van der Waals surface area contributed by atoms with Gasteiger partial charge in [-0.05, 0) is 61.4 Å². The third-order valence-corrected chi connectivity index (χ3v) is 4.01. The van der Waals surface area contributed by atoms with Crippen molar-refractivity contribution in [3.8, 4) is 0 Å². The van der Waals surface area contributed by atoms with Gasteiger partial charge in [0.1, 0.15) is 5.82 Å². The Bertz CT molecular complexity index is 394. The summed E-state index contributed by atoms with van der Waals surface area (Å²) in [5, 5.41) is 0. The van der Waals surface area contributed by atoms with E-state index < -0.39 is 0 Å². The molecule has 1 aromatic rings. The Kier molecular flexibility index (Phi) is 4.72. The maximum atomic E-state index is 13.0. The van der Waals surface area contributed by atoms with Crippen molar-refractivity contribution in [1.82, 2.24) is 0 Å². The highest BCUT2D eigenvalue weighted by Gasteiger charge is 2.25. The first-order valence-corrected chi connectivity index (χ1v) is 6.73. The molecular weight excluding hydrogens is 229 g/mol. The summed E-state index contributed by atoms with van der Waals surface area (Å²) < 4.78 is 18.7. The van der Waals surface area contributed by atoms with Crippen LogP contribution < -0.4 is 5.73 Å². The average molecular weight is 251 g/mol. The van der Waals surface area contributed by atoms with E-state index in [0.29, 0.717) is 18.4 Å². The van der Waals surface area contributed by atoms with E-state index in [0.717, 1.165) is 24.3 Å². The van der Waals surface area contributed by atoms with E-state index in [1.807, 2.05) is 6.92 Å². The van der Waals surface area contributed by atoms with Gasteiger partial charge >= 0.3 is 0 Å². The lowest BCUT2D eigenvalue weighted by Gasteiger charge is -2.18. The minimum Gasteiger partial charge on any atom is -0.376 e. The first-order valence-electron chi connectivity index (χ1n) is 6.73. The van der Waals surface area contributed by atoms with Crippen LogP contribution in [0.4, 0.5) is 4.39 Å². The largest absolute Gasteiger partial charge is 0.376 e. The number of nitrogens with two attached hydrogens (primary N) is 1. The van der Waals surface area contributed by atoms with Crippen LogP contribution in [0.3, 0.4) is 0 Å². The summed E-state index contributed by atoms with van der Waals surface area (Å²) in [6.45, 7) is 4.03. The molecule has 2 unspecified atom stereocenters. The zero-order valence-corrected chi connectivity index (χ0v) is 11.0. The maximum absolute atomic E-state index is 13.0. The smallest absolute Gasteiger partial charge is 0.123 e. The van der Waals surface area contributed by atoms with Crippen molar-refractivity contribution in [2.45, 2.75) is 32.8 Å². The molecule has 1 saturated carbocycles. The standard InChI is InChI=1S/C15H22FNO/c1-11-7-15(16)6-5-13(11)9-18-10-14-4-2-3-12(14)8-17/h5-7,12,14H,2-4,8-10,17H2,1H3. The molecule has 0 amide bonds. The van der Waals surface area contributed by atoms with Gasteiger partial charge in [-0.15, -0.1) is 0 Å². The second-order valence-corrected chi connectivity index (χ2v) is 5.27. The molecule has 2 nitrogen and oxygen atoms in total. The van der Waals surface area contributed by atoms with Gasteiger partial charge in [-0.2, -0.15) is 0 Å². The van der Waals surface area contributed by atoms with Gasteiger partial charge in [-0.25, -0.2) is 4.39 Å². The van der Waals surface area contributed by atoms with Gasteiger partial charge in [0.15, 0.2) is 0 Å². The van der Waals surface area contributed by atoms with Gasteiger partial charge in [-0.1, -0.05) is 12.5 Å². The van der Waals surface area contributed by atoms with Crippen LogP contribution in [0.15, 0.2) is 18.2 Å². The highest BCUT2D eigenvalue weighted by molar-refractivity contribution is 5.25. The zero-order valence-electron chi connectivity index (χ0n) is 11.0. The topological polar surface area (TPSA) is 35.2 Å². The van der Waals surface area contributed by atoms with Crippen LogP contribution >= 0.6 is 0 Å². The molecule has 2 atom stereocenters. The molecule has 0 radical (unpaired) electrons. The number of ether oxygens (including phenoxy) is 1. The van der Waals surface area contributed by atoms with Gasteiger partial charge in [0.2, 0.25) is 0 Å². The molecule has 0 bridgehead atoms. The van der Waals surface area contributed by atoms with Gasteiger partial charge in [0.25, 0.3) is 0 Å². The summed E-state index contributed by atoms with van der Waals surface area (Å²) in [5.74, 6) is 1.05. The summed E-state index contributed by atoms with van der Waals surface area (Å²) in [6, 6.07) is 4.85. The van der Waals surface area contributed by atoms with E-state index in [-0.39, 0.29) is 5.82 Å². The Labute approximate surface area is 108 Å². The molecule has 1 aromatic carbocycles. The fourth-order valence-electron chi connectivity index (χ4n) is 2.78. The quantitative estimate of drug-likeness (QED) is 0.873. The Balaban J connectivity index is 1.81. The lowest BCUT2D eigenvalue weighted by molar-refractivity contribution is 0.0750. The Morgan fingerprint density at radius 3 is 2.83 bits per heavy atom. The molecular formula is C15H22FNO. The summed E-state index contributed by atoms with van der Waals surface area (Å²) in [6.07, 6.45) is 3.73. The molecule has 0 aliphatic heterocycles. The molecule has 1 aliphatic rings. The van der Waals surface area contributed by atoms with Crippen molar-refractivity contribution in [2.24, 2.45) is 17.6 Å². The van der Waals surface area contributed by atoms with Crippen molar-refractivity contribution in [3.63, 3.8) is 0 Å². The minimum absolute atomic E-state index is 0.185. The number of aryl methyl sites for hydroxylation is 1. The normalized spacial score (nSPS) is 23.5. The van der Waals surface area contributed by atoms with Gasteiger partial charge in [-0.3, -0.25) is 0 Å². The van der Waals surface area contributed by atoms with Gasteiger partial charge in [0.05, 0.1) is 13.2 Å². The number of benzene rings is 1.